The van der Waals surface area contributed by atoms with Gasteiger partial charge in [0.2, 0.25) is 10.0 Å². The quantitative estimate of drug-likeness (QED) is 0.529. The summed E-state index contributed by atoms with van der Waals surface area (Å²) in [5.74, 6) is 0.150. The first kappa shape index (κ1) is 19.9. The second kappa shape index (κ2) is 7.11. The molecule has 0 atom stereocenters. The van der Waals surface area contributed by atoms with E-state index in [1.54, 1.807) is 34.9 Å². The van der Waals surface area contributed by atoms with Crippen molar-refractivity contribution in [3.63, 3.8) is 0 Å². The van der Waals surface area contributed by atoms with Gasteiger partial charge in [0, 0.05) is 11.8 Å². The minimum atomic E-state index is -4.75. The van der Waals surface area contributed by atoms with Gasteiger partial charge in [0.1, 0.15) is 5.75 Å². The number of aromatic nitrogens is 3. The normalized spacial score (nSPS) is 12.3. The predicted octanol–water partition coefficient (Wildman–Crippen LogP) is 3.61. The van der Waals surface area contributed by atoms with Gasteiger partial charge in [0.25, 0.3) is 0 Å². The number of hydrogen-bond acceptors (Lipinski definition) is 5. The summed E-state index contributed by atoms with van der Waals surface area (Å²) < 4.78 is 65.4. The first-order chi connectivity index (χ1) is 14.1. The van der Waals surface area contributed by atoms with E-state index in [-0.39, 0.29) is 10.6 Å². The number of benzene rings is 2. The van der Waals surface area contributed by atoms with E-state index in [2.05, 4.69) is 14.9 Å². The van der Waals surface area contributed by atoms with Crippen LogP contribution in [0.5, 0.6) is 5.75 Å². The van der Waals surface area contributed by atoms with Gasteiger partial charge in [-0.25, -0.2) is 13.6 Å². The maximum Gasteiger partial charge on any atom is 0.573 e. The van der Waals surface area contributed by atoms with Crippen LogP contribution in [0.15, 0.2) is 71.8 Å². The van der Waals surface area contributed by atoms with Crippen molar-refractivity contribution in [3.05, 3.63) is 66.9 Å². The zero-order chi connectivity index (χ0) is 21.5. The zero-order valence-electron chi connectivity index (χ0n) is 15.0. The van der Waals surface area contributed by atoms with Crippen LogP contribution in [0.25, 0.3) is 28.2 Å². The first-order valence-electron chi connectivity index (χ1n) is 8.44. The summed E-state index contributed by atoms with van der Waals surface area (Å²) in [7, 11) is -3.81. The number of alkyl halides is 3. The Morgan fingerprint density at radius 3 is 2.03 bits per heavy atom. The summed E-state index contributed by atoms with van der Waals surface area (Å²) in [6.45, 7) is 0. The van der Waals surface area contributed by atoms with E-state index in [9.17, 15) is 21.6 Å². The Labute approximate surface area is 168 Å². The van der Waals surface area contributed by atoms with Crippen molar-refractivity contribution in [2.75, 3.05) is 0 Å². The van der Waals surface area contributed by atoms with E-state index >= 15 is 0 Å². The number of halogens is 3. The Bertz CT molecular complexity index is 1320. The van der Waals surface area contributed by atoms with Crippen LogP contribution in [-0.4, -0.2) is 29.4 Å². The molecule has 2 aromatic carbocycles. The fraction of sp³-hybridized carbons (Fsp3) is 0.0526. The molecule has 0 spiro atoms. The monoisotopic (exact) mass is 434 g/mol. The Balaban J connectivity index is 1.70. The summed E-state index contributed by atoms with van der Waals surface area (Å²) in [6, 6.07) is 14.8. The molecule has 0 unspecified atom stereocenters. The first-order valence-corrected chi connectivity index (χ1v) is 9.99. The van der Waals surface area contributed by atoms with Crippen molar-refractivity contribution in [2.24, 2.45) is 5.14 Å². The number of ether oxygens (including phenoxy) is 1. The van der Waals surface area contributed by atoms with E-state index in [0.717, 1.165) is 0 Å². The fourth-order valence-electron chi connectivity index (χ4n) is 2.90. The Hall–Kier alpha value is -3.44. The maximum absolute atomic E-state index is 12.3. The molecule has 0 fully saturated rings. The Morgan fingerprint density at radius 1 is 0.833 bits per heavy atom. The van der Waals surface area contributed by atoms with Crippen molar-refractivity contribution in [1.82, 2.24) is 14.6 Å². The third kappa shape index (κ3) is 4.11. The van der Waals surface area contributed by atoms with Gasteiger partial charge in [0.15, 0.2) is 11.5 Å². The van der Waals surface area contributed by atoms with Gasteiger partial charge in [-0.2, -0.15) is 0 Å². The molecule has 0 aliphatic rings. The van der Waals surface area contributed by atoms with E-state index in [0.29, 0.717) is 28.2 Å². The molecule has 4 aromatic rings. The van der Waals surface area contributed by atoms with Crippen LogP contribution >= 0.6 is 0 Å². The van der Waals surface area contributed by atoms with Crippen LogP contribution in [-0.2, 0) is 10.0 Å². The zero-order valence-corrected chi connectivity index (χ0v) is 15.9. The van der Waals surface area contributed by atoms with E-state index in [1.165, 1.54) is 36.4 Å². The summed E-state index contributed by atoms with van der Waals surface area (Å²) in [5, 5.41) is 13.3. The Kier molecular flexibility index (Phi) is 4.71. The van der Waals surface area contributed by atoms with Gasteiger partial charge >= 0.3 is 6.36 Å². The third-order valence-corrected chi connectivity index (χ3v) is 5.19. The Morgan fingerprint density at radius 2 is 1.43 bits per heavy atom. The highest BCUT2D eigenvalue weighted by Gasteiger charge is 2.31. The maximum atomic E-state index is 12.3. The van der Waals surface area contributed by atoms with E-state index in [1.807, 2.05) is 0 Å². The lowest BCUT2D eigenvalue weighted by Crippen LogP contribution is -2.16. The second-order valence-electron chi connectivity index (χ2n) is 6.31. The highest BCUT2D eigenvalue weighted by molar-refractivity contribution is 7.89. The number of nitrogens with zero attached hydrogens (tertiary/aromatic N) is 3. The molecule has 2 aromatic heterocycles. The minimum absolute atomic E-state index is 0.0260. The SMILES string of the molecule is NS(=O)(=O)c1ccc(-c2nnc3ccc(-c4ccc(OC(F)(F)F)cc4)cn23)cc1. The fourth-order valence-corrected chi connectivity index (χ4v) is 3.42. The number of fused-ring (bicyclic) bond motifs is 1. The predicted molar refractivity (Wildman–Crippen MR) is 102 cm³/mol. The van der Waals surface area contributed by atoms with Gasteiger partial charge in [-0.15, -0.1) is 23.4 Å². The molecule has 0 saturated carbocycles. The molecule has 0 radical (unpaired) electrons. The van der Waals surface area contributed by atoms with Gasteiger partial charge in [-0.1, -0.05) is 12.1 Å². The lowest BCUT2D eigenvalue weighted by Gasteiger charge is -2.09. The topological polar surface area (TPSA) is 99.6 Å². The average molecular weight is 434 g/mol. The third-order valence-electron chi connectivity index (χ3n) is 4.26. The molecular weight excluding hydrogens is 421 g/mol. The van der Waals surface area contributed by atoms with Crippen molar-refractivity contribution in [2.45, 2.75) is 11.3 Å². The standard InChI is InChI=1S/C19H13F3N4O3S/c20-19(21,22)29-15-6-1-12(2-7-15)14-5-10-17-24-25-18(26(17)11-14)13-3-8-16(9-4-13)30(23,27)28/h1-11H,(H2,23,27,28). The largest absolute Gasteiger partial charge is 0.573 e. The van der Waals surface area contributed by atoms with Gasteiger partial charge in [-0.05, 0) is 59.7 Å². The van der Waals surface area contributed by atoms with Crippen molar-refractivity contribution in [1.29, 1.82) is 0 Å². The average Bonchev–Trinajstić information content (AvgIpc) is 3.10. The molecule has 30 heavy (non-hydrogen) atoms. The molecular formula is C19H13F3N4O3S. The number of rotatable bonds is 4. The lowest BCUT2D eigenvalue weighted by molar-refractivity contribution is -0.274. The van der Waals surface area contributed by atoms with Gasteiger partial charge in [-0.3, -0.25) is 4.40 Å². The summed E-state index contributed by atoms with van der Waals surface area (Å²) in [5.41, 5.74) is 2.53. The molecule has 0 amide bonds. The number of sulfonamides is 1. The van der Waals surface area contributed by atoms with Gasteiger partial charge < -0.3 is 4.74 Å². The lowest BCUT2D eigenvalue weighted by atomic mass is 10.1. The van der Waals surface area contributed by atoms with Crippen LogP contribution in [0.3, 0.4) is 0 Å². The number of nitrogens with two attached hydrogens (primary N) is 1. The summed E-state index contributed by atoms with van der Waals surface area (Å²) >= 11 is 0. The molecule has 0 aliphatic carbocycles. The van der Waals surface area contributed by atoms with Crippen LogP contribution in [0.4, 0.5) is 13.2 Å². The minimum Gasteiger partial charge on any atom is -0.406 e. The number of hydrogen-bond donors (Lipinski definition) is 1. The van der Waals surface area contributed by atoms with Crippen LogP contribution in [0.2, 0.25) is 0 Å². The molecule has 2 heterocycles. The molecule has 4 rings (SSSR count). The molecule has 2 N–H and O–H groups in total. The molecule has 0 aliphatic heterocycles. The molecule has 7 nitrogen and oxygen atoms in total. The highest BCUT2D eigenvalue weighted by Crippen LogP contribution is 2.28. The van der Waals surface area contributed by atoms with Crippen molar-refractivity contribution < 1.29 is 26.3 Å². The van der Waals surface area contributed by atoms with Crippen molar-refractivity contribution >= 4 is 15.7 Å². The summed E-state index contributed by atoms with van der Waals surface area (Å²) in [4.78, 5) is -0.0260. The van der Waals surface area contributed by atoms with Crippen LogP contribution in [0.1, 0.15) is 0 Å². The smallest absolute Gasteiger partial charge is 0.406 e. The van der Waals surface area contributed by atoms with E-state index in [4.69, 9.17) is 5.14 Å². The van der Waals surface area contributed by atoms with Crippen LogP contribution < -0.4 is 9.88 Å². The van der Waals surface area contributed by atoms with Crippen LogP contribution in [0, 0.1) is 0 Å². The molecule has 0 bridgehead atoms. The molecule has 11 heteroatoms. The highest BCUT2D eigenvalue weighted by atomic mass is 32.2. The number of primary sulfonamides is 1. The van der Waals surface area contributed by atoms with Crippen molar-refractivity contribution in [3.8, 4) is 28.3 Å². The van der Waals surface area contributed by atoms with E-state index < -0.39 is 16.4 Å². The molecule has 0 saturated heterocycles. The summed E-state index contributed by atoms with van der Waals surface area (Å²) in [6.07, 6.45) is -3.02. The van der Waals surface area contributed by atoms with Gasteiger partial charge in [0.05, 0.1) is 4.90 Å². The second-order valence-corrected chi connectivity index (χ2v) is 7.87. The number of pyridine rings is 1. The molecule has 154 valence electrons.